The van der Waals surface area contributed by atoms with Crippen LogP contribution in [0, 0.1) is 5.92 Å². The molecule has 1 saturated heterocycles. The third-order valence-electron chi connectivity index (χ3n) is 5.46. The smallest absolute Gasteiger partial charge is 0.236 e. The third-order valence-corrected chi connectivity index (χ3v) is 9.08. The van der Waals surface area contributed by atoms with Crippen LogP contribution in [0.5, 0.6) is 0 Å². The van der Waals surface area contributed by atoms with Gasteiger partial charge in [0.2, 0.25) is 5.91 Å². The number of aromatic nitrogens is 4. The normalized spacial score (nSPS) is 17.5. The SMILES string of the molecule is CCc1ccc(-c2csc(NC(=O)CSc3nnc(CC4CCS(=O)(=O)C4)n3C)n2)cc1. The van der Waals surface area contributed by atoms with Crippen LogP contribution < -0.4 is 5.32 Å². The number of carbonyl (C=O) groups is 1. The summed E-state index contributed by atoms with van der Waals surface area (Å²) in [5.41, 5.74) is 3.14. The zero-order valence-electron chi connectivity index (χ0n) is 17.9. The van der Waals surface area contributed by atoms with Crippen LogP contribution in [-0.4, -0.2) is 51.3 Å². The summed E-state index contributed by atoms with van der Waals surface area (Å²) in [7, 11) is -1.07. The number of thioether (sulfide) groups is 1. The zero-order chi connectivity index (χ0) is 22.7. The quantitative estimate of drug-likeness (QED) is 0.482. The molecule has 0 spiro atoms. The molecule has 2 aromatic heterocycles. The highest BCUT2D eigenvalue weighted by Gasteiger charge is 2.29. The molecule has 1 fully saturated rings. The molecule has 3 heterocycles. The minimum atomic E-state index is -2.91. The van der Waals surface area contributed by atoms with E-state index in [0.29, 0.717) is 23.1 Å². The van der Waals surface area contributed by atoms with Crippen LogP contribution >= 0.6 is 23.1 Å². The second-order valence-corrected chi connectivity index (χ2v) is 11.9. The molecule has 32 heavy (non-hydrogen) atoms. The maximum Gasteiger partial charge on any atom is 0.236 e. The first kappa shape index (κ1) is 22.9. The van der Waals surface area contributed by atoms with E-state index in [1.54, 1.807) is 0 Å². The molecule has 11 heteroatoms. The van der Waals surface area contributed by atoms with E-state index in [1.807, 2.05) is 29.1 Å². The number of nitrogens with one attached hydrogen (secondary N) is 1. The number of nitrogens with zero attached hydrogens (tertiary/aromatic N) is 4. The van der Waals surface area contributed by atoms with Crippen LogP contribution in [0.15, 0.2) is 34.8 Å². The number of carbonyl (C=O) groups excluding carboxylic acids is 1. The number of rotatable bonds is 8. The fourth-order valence-corrected chi connectivity index (χ4v) is 6.93. The van der Waals surface area contributed by atoms with Gasteiger partial charge in [-0.2, -0.15) is 0 Å². The maximum absolute atomic E-state index is 12.4. The van der Waals surface area contributed by atoms with Crippen LogP contribution in [-0.2, 0) is 34.5 Å². The predicted octanol–water partition coefficient (Wildman–Crippen LogP) is 3.21. The topological polar surface area (TPSA) is 107 Å². The van der Waals surface area contributed by atoms with Gasteiger partial charge in [-0.3, -0.25) is 4.79 Å². The highest BCUT2D eigenvalue weighted by molar-refractivity contribution is 7.99. The molecule has 1 aromatic carbocycles. The van der Waals surface area contributed by atoms with Crippen molar-refractivity contribution in [2.24, 2.45) is 13.0 Å². The molecule has 8 nitrogen and oxygen atoms in total. The Hall–Kier alpha value is -2.24. The van der Waals surface area contributed by atoms with Gasteiger partial charge in [-0.15, -0.1) is 21.5 Å². The Morgan fingerprint density at radius 3 is 2.75 bits per heavy atom. The van der Waals surface area contributed by atoms with E-state index < -0.39 is 9.84 Å². The van der Waals surface area contributed by atoms with Crippen molar-refractivity contribution in [3.63, 3.8) is 0 Å². The van der Waals surface area contributed by atoms with Gasteiger partial charge in [0.05, 0.1) is 23.0 Å². The summed E-state index contributed by atoms with van der Waals surface area (Å²) in [5.74, 6) is 1.31. The number of hydrogen-bond donors (Lipinski definition) is 1. The van der Waals surface area contributed by atoms with E-state index in [2.05, 4.69) is 39.6 Å². The summed E-state index contributed by atoms with van der Waals surface area (Å²) < 4.78 is 25.2. The van der Waals surface area contributed by atoms with Crippen LogP contribution in [0.2, 0.25) is 0 Å². The Labute approximate surface area is 195 Å². The largest absolute Gasteiger partial charge is 0.309 e. The van der Waals surface area contributed by atoms with Gasteiger partial charge in [0, 0.05) is 24.4 Å². The molecule has 170 valence electrons. The highest BCUT2D eigenvalue weighted by atomic mass is 32.2. The first-order valence-corrected chi connectivity index (χ1v) is 14.1. The Kier molecular flexibility index (Phi) is 6.96. The fraction of sp³-hybridized carbons (Fsp3) is 0.429. The number of sulfone groups is 1. The van der Waals surface area contributed by atoms with Crippen molar-refractivity contribution >= 4 is 44.0 Å². The summed E-state index contributed by atoms with van der Waals surface area (Å²) in [4.78, 5) is 16.9. The molecule has 1 aliphatic rings. The molecule has 3 aromatic rings. The van der Waals surface area contributed by atoms with Crippen LogP contribution in [0.1, 0.15) is 24.7 Å². The van der Waals surface area contributed by atoms with Crippen molar-refractivity contribution in [1.29, 1.82) is 0 Å². The standard InChI is InChI=1S/C21H25N5O3S3/c1-3-14-4-6-16(7-5-14)17-11-30-20(22-17)23-19(27)12-31-21-25-24-18(26(21)2)10-15-8-9-32(28,29)13-15/h4-7,11,15H,3,8-10,12-13H2,1-2H3,(H,22,23,27). The minimum absolute atomic E-state index is 0.0846. The van der Waals surface area contributed by atoms with E-state index in [-0.39, 0.29) is 29.1 Å². The Morgan fingerprint density at radius 1 is 1.28 bits per heavy atom. The lowest BCUT2D eigenvalue weighted by Gasteiger charge is -2.07. The molecule has 0 radical (unpaired) electrons. The molecule has 1 N–H and O–H groups in total. The first-order valence-electron chi connectivity index (χ1n) is 10.4. The Morgan fingerprint density at radius 2 is 2.06 bits per heavy atom. The summed E-state index contributed by atoms with van der Waals surface area (Å²) in [6, 6.07) is 8.26. The Bertz CT molecular complexity index is 1200. The van der Waals surface area contributed by atoms with Crippen LogP contribution in [0.4, 0.5) is 5.13 Å². The van der Waals surface area contributed by atoms with Crippen molar-refractivity contribution in [2.45, 2.75) is 31.3 Å². The monoisotopic (exact) mass is 491 g/mol. The van der Waals surface area contributed by atoms with Crippen molar-refractivity contribution in [3.8, 4) is 11.3 Å². The molecule has 0 aliphatic carbocycles. The fourth-order valence-electron chi connectivity index (χ4n) is 3.60. The van der Waals surface area contributed by atoms with E-state index in [1.165, 1.54) is 28.7 Å². The molecule has 4 rings (SSSR count). The first-order chi connectivity index (χ1) is 15.3. The predicted molar refractivity (Wildman–Crippen MR) is 128 cm³/mol. The number of benzene rings is 1. The summed E-state index contributed by atoms with van der Waals surface area (Å²) in [6.45, 7) is 2.12. The van der Waals surface area contributed by atoms with Crippen LogP contribution in [0.25, 0.3) is 11.3 Å². The van der Waals surface area contributed by atoms with Gasteiger partial charge in [-0.25, -0.2) is 13.4 Å². The highest BCUT2D eigenvalue weighted by Crippen LogP contribution is 2.26. The van der Waals surface area contributed by atoms with Crippen molar-refractivity contribution in [1.82, 2.24) is 19.7 Å². The Balaban J connectivity index is 1.30. The average Bonchev–Trinajstić information content (AvgIpc) is 3.47. The van der Waals surface area contributed by atoms with Gasteiger partial charge in [0.15, 0.2) is 20.1 Å². The van der Waals surface area contributed by atoms with Gasteiger partial charge in [-0.1, -0.05) is 43.0 Å². The van der Waals surface area contributed by atoms with Crippen molar-refractivity contribution in [3.05, 3.63) is 41.0 Å². The average molecular weight is 492 g/mol. The van der Waals surface area contributed by atoms with Crippen molar-refractivity contribution in [2.75, 3.05) is 22.6 Å². The summed E-state index contributed by atoms with van der Waals surface area (Å²) in [5, 5.41) is 14.3. The van der Waals surface area contributed by atoms with Gasteiger partial charge in [0.25, 0.3) is 0 Å². The lowest BCUT2D eigenvalue weighted by atomic mass is 10.1. The lowest BCUT2D eigenvalue weighted by Crippen LogP contribution is -2.14. The minimum Gasteiger partial charge on any atom is -0.309 e. The molecule has 1 amide bonds. The van der Waals surface area contributed by atoms with E-state index in [4.69, 9.17) is 0 Å². The van der Waals surface area contributed by atoms with E-state index >= 15 is 0 Å². The number of amides is 1. The number of aryl methyl sites for hydroxylation is 1. The molecule has 0 bridgehead atoms. The molecule has 1 aliphatic heterocycles. The van der Waals surface area contributed by atoms with Crippen LogP contribution in [0.3, 0.4) is 0 Å². The van der Waals surface area contributed by atoms with E-state index in [0.717, 1.165) is 23.5 Å². The zero-order valence-corrected chi connectivity index (χ0v) is 20.4. The van der Waals surface area contributed by atoms with Gasteiger partial charge < -0.3 is 9.88 Å². The molecule has 0 saturated carbocycles. The maximum atomic E-state index is 12.4. The van der Waals surface area contributed by atoms with Gasteiger partial charge in [-0.05, 0) is 24.3 Å². The van der Waals surface area contributed by atoms with Gasteiger partial charge >= 0.3 is 0 Å². The summed E-state index contributed by atoms with van der Waals surface area (Å²) >= 11 is 2.69. The molecular weight excluding hydrogens is 466 g/mol. The number of hydrogen-bond acceptors (Lipinski definition) is 8. The third kappa shape index (κ3) is 5.57. The number of anilines is 1. The van der Waals surface area contributed by atoms with E-state index in [9.17, 15) is 13.2 Å². The molecule has 1 atom stereocenters. The van der Waals surface area contributed by atoms with Crippen molar-refractivity contribution < 1.29 is 13.2 Å². The second-order valence-electron chi connectivity index (χ2n) is 7.86. The summed E-state index contributed by atoms with van der Waals surface area (Å²) in [6.07, 6.45) is 2.24. The van der Waals surface area contributed by atoms with Gasteiger partial charge in [0.1, 0.15) is 5.82 Å². The molecular formula is C21H25N5O3S3. The second kappa shape index (κ2) is 9.72. The number of thiazole rings is 1. The lowest BCUT2D eigenvalue weighted by molar-refractivity contribution is -0.113. The molecule has 1 unspecified atom stereocenters.